The summed E-state index contributed by atoms with van der Waals surface area (Å²) in [5.74, 6) is 0.599. The molecule has 96 valence electrons. The standard InChI is InChI=1S/C13H22ClN3/c1-9(2)17-13(12(14)8-16-17)6-10(3)7-15-11-4-5-11/h8-11,15H,4-7H2,1-3H3. The van der Waals surface area contributed by atoms with Crippen LogP contribution in [0.4, 0.5) is 0 Å². The lowest BCUT2D eigenvalue weighted by Crippen LogP contribution is -2.25. The van der Waals surface area contributed by atoms with Crippen molar-refractivity contribution in [3.63, 3.8) is 0 Å². The Morgan fingerprint density at radius 2 is 2.18 bits per heavy atom. The van der Waals surface area contributed by atoms with Gasteiger partial charge in [0, 0.05) is 12.1 Å². The molecule has 0 bridgehead atoms. The van der Waals surface area contributed by atoms with Gasteiger partial charge in [-0.15, -0.1) is 0 Å². The van der Waals surface area contributed by atoms with Crippen LogP contribution in [-0.4, -0.2) is 22.4 Å². The molecular weight excluding hydrogens is 234 g/mol. The first kappa shape index (κ1) is 12.9. The van der Waals surface area contributed by atoms with E-state index in [1.807, 2.05) is 4.68 Å². The van der Waals surface area contributed by atoms with Gasteiger partial charge >= 0.3 is 0 Å². The zero-order chi connectivity index (χ0) is 12.4. The molecule has 1 fully saturated rings. The molecule has 1 atom stereocenters. The monoisotopic (exact) mass is 255 g/mol. The highest BCUT2D eigenvalue weighted by atomic mass is 35.5. The fraction of sp³-hybridized carbons (Fsp3) is 0.769. The average Bonchev–Trinajstić information content (AvgIpc) is 3.02. The molecule has 3 nitrogen and oxygen atoms in total. The second-order valence-electron chi connectivity index (χ2n) is 5.47. The maximum absolute atomic E-state index is 6.20. The summed E-state index contributed by atoms with van der Waals surface area (Å²) in [6, 6.07) is 1.16. The third kappa shape index (κ3) is 3.46. The van der Waals surface area contributed by atoms with Crippen molar-refractivity contribution in [3.8, 4) is 0 Å². The second-order valence-corrected chi connectivity index (χ2v) is 5.88. The lowest BCUT2D eigenvalue weighted by Gasteiger charge is -2.16. The first-order valence-electron chi connectivity index (χ1n) is 6.53. The molecule has 1 aliphatic carbocycles. The van der Waals surface area contributed by atoms with Gasteiger partial charge in [-0.1, -0.05) is 18.5 Å². The summed E-state index contributed by atoms with van der Waals surface area (Å²) in [6.07, 6.45) is 5.45. The molecule has 1 N–H and O–H groups in total. The van der Waals surface area contributed by atoms with Gasteiger partial charge in [-0.25, -0.2) is 0 Å². The number of hydrogen-bond donors (Lipinski definition) is 1. The Balaban J connectivity index is 1.93. The van der Waals surface area contributed by atoms with Gasteiger partial charge in [0.2, 0.25) is 0 Å². The number of aromatic nitrogens is 2. The first-order chi connectivity index (χ1) is 8.08. The van der Waals surface area contributed by atoms with Crippen molar-refractivity contribution < 1.29 is 0 Å². The van der Waals surface area contributed by atoms with E-state index in [1.54, 1.807) is 6.20 Å². The van der Waals surface area contributed by atoms with Crippen LogP contribution in [0.25, 0.3) is 0 Å². The summed E-state index contributed by atoms with van der Waals surface area (Å²) in [6.45, 7) is 7.62. The van der Waals surface area contributed by atoms with Crippen LogP contribution >= 0.6 is 11.6 Å². The van der Waals surface area contributed by atoms with Crippen molar-refractivity contribution in [1.82, 2.24) is 15.1 Å². The Morgan fingerprint density at radius 1 is 1.47 bits per heavy atom. The van der Waals surface area contributed by atoms with Crippen LogP contribution in [0.1, 0.15) is 45.3 Å². The highest BCUT2D eigenvalue weighted by Gasteiger charge is 2.21. The second kappa shape index (κ2) is 5.40. The zero-order valence-electron chi connectivity index (χ0n) is 10.9. The van der Waals surface area contributed by atoms with E-state index in [0.29, 0.717) is 12.0 Å². The Morgan fingerprint density at radius 3 is 2.76 bits per heavy atom. The third-order valence-electron chi connectivity index (χ3n) is 3.21. The van der Waals surface area contributed by atoms with Gasteiger partial charge in [0.25, 0.3) is 0 Å². The molecule has 0 aromatic carbocycles. The van der Waals surface area contributed by atoms with E-state index in [9.17, 15) is 0 Å². The highest BCUT2D eigenvalue weighted by molar-refractivity contribution is 6.31. The number of halogens is 1. The Labute approximate surface area is 109 Å². The molecule has 0 aliphatic heterocycles. The fourth-order valence-electron chi connectivity index (χ4n) is 2.06. The highest BCUT2D eigenvalue weighted by Crippen LogP contribution is 2.23. The van der Waals surface area contributed by atoms with E-state index in [2.05, 4.69) is 31.2 Å². The number of nitrogens with zero attached hydrogens (tertiary/aromatic N) is 2. The maximum Gasteiger partial charge on any atom is 0.0818 e. The van der Waals surface area contributed by atoms with Gasteiger partial charge in [-0.2, -0.15) is 5.10 Å². The summed E-state index contributed by atoms with van der Waals surface area (Å²) >= 11 is 6.20. The number of rotatable bonds is 6. The van der Waals surface area contributed by atoms with Crippen LogP contribution in [0.2, 0.25) is 5.02 Å². The minimum atomic E-state index is 0.376. The SMILES string of the molecule is CC(CNC1CC1)Cc1c(Cl)cnn1C(C)C. The molecule has 0 radical (unpaired) electrons. The van der Waals surface area contributed by atoms with Crippen molar-refractivity contribution in [2.75, 3.05) is 6.54 Å². The zero-order valence-corrected chi connectivity index (χ0v) is 11.7. The van der Waals surface area contributed by atoms with Gasteiger partial charge in [0.1, 0.15) is 0 Å². The normalized spacial score (nSPS) is 17.7. The van der Waals surface area contributed by atoms with Crippen LogP contribution in [0, 0.1) is 5.92 Å². The smallest absolute Gasteiger partial charge is 0.0818 e. The van der Waals surface area contributed by atoms with Crippen molar-refractivity contribution in [1.29, 1.82) is 0 Å². The fourth-order valence-corrected chi connectivity index (χ4v) is 2.27. The van der Waals surface area contributed by atoms with Crippen LogP contribution in [0.15, 0.2) is 6.20 Å². The van der Waals surface area contributed by atoms with E-state index in [-0.39, 0.29) is 0 Å². The largest absolute Gasteiger partial charge is 0.314 e. The molecule has 0 amide bonds. The predicted molar refractivity (Wildman–Crippen MR) is 71.5 cm³/mol. The summed E-state index contributed by atoms with van der Waals surface area (Å²) < 4.78 is 2.04. The third-order valence-corrected chi connectivity index (χ3v) is 3.53. The number of hydrogen-bond acceptors (Lipinski definition) is 2. The van der Waals surface area contributed by atoms with Gasteiger partial charge < -0.3 is 5.32 Å². The average molecular weight is 256 g/mol. The van der Waals surface area contributed by atoms with Crippen molar-refractivity contribution in [2.24, 2.45) is 5.92 Å². The van der Waals surface area contributed by atoms with E-state index in [1.165, 1.54) is 18.5 Å². The topological polar surface area (TPSA) is 29.9 Å². The maximum atomic E-state index is 6.20. The quantitative estimate of drug-likeness (QED) is 0.847. The Hall–Kier alpha value is -0.540. The van der Waals surface area contributed by atoms with Crippen LogP contribution < -0.4 is 5.32 Å². The minimum absolute atomic E-state index is 0.376. The summed E-state index contributed by atoms with van der Waals surface area (Å²) in [5.41, 5.74) is 1.17. The minimum Gasteiger partial charge on any atom is -0.314 e. The summed E-state index contributed by atoms with van der Waals surface area (Å²) in [5, 5.41) is 8.71. The van der Waals surface area contributed by atoms with Crippen molar-refractivity contribution in [3.05, 3.63) is 16.9 Å². The van der Waals surface area contributed by atoms with E-state index >= 15 is 0 Å². The Kier molecular flexibility index (Phi) is 4.10. The lowest BCUT2D eigenvalue weighted by atomic mass is 10.1. The molecule has 1 aliphatic rings. The molecule has 1 aromatic rings. The molecule has 1 saturated carbocycles. The number of nitrogens with one attached hydrogen (secondary N) is 1. The lowest BCUT2D eigenvalue weighted by molar-refractivity contribution is 0.458. The molecule has 1 heterocycles. The summed E-state index contributed by atoms with van der Waals surface area (Å²) in [7, 11) is 0. The predicted octanol–water partition coefficient (Wildman–Crippen LogP) is 3.05. The molecule has 0 spiro atoms. The molecule has 1 aromatic heterocycles. The Bertz CT molecular complexity index is 369. The van der Waals surface area contributed by atoms with Crippen LogP contribution in [0.5, 0.6) is 0 Å². The van der Waals surface area contributed by atoms with Gasteiger partial charge in [-0.05, 0) is 45.6 Å². The van der Waals surface area contributed by atoms with E-state index in [0.717, 1.165) is 24.0 Å². The van der Waals surface area contributed by atoms with Gasteiger partial charge in [0.15, 0.2) is 0 Å². The molecule has 17 heavy (non-hydrogen) atoms. The van der Waals surface area contributed by atoms with Crippen molar-refractivity contribution in [2.45, 2.75) is 52.1 Å². The van der Waals surface area contributed by atoms with E-state index in [4.69, 9.17) is 11.6 Å². The van der Waals surface area contributed by atoms with Gasteiger partial charge in [0.05, 0.1) is 16.9 Å². The molecule has 4 heteroatoms. The van der Waals surface area contributed by atoms with Crippen LogP contribution in [-0.2, 0) is 6.42 Å². The summed E-state index contributed by atoms with van der Waals surface area (Å²) in [4.78, 5) is 0. The van der Waals surface area contributed by atoms with Gasteiger partial charge in [-0.3, -0.25) is 4.68 Å². The molecule has 1 unspecified atom stereocenters. The first-order valence-corrected chi connectivity index (χ1v) is 6.91. The molecule has 2 rings (SSSR count). The molecule has 0 saturated heterocycles. The van der Waals surface area contributed by atoms with Crippen molar-refractivity contribution >= 4 is 11.6 Å². The van der Waals surface area contributed by atoms with E-state index < -0.39 is 0 Å². The van der Waals surface area contributed by atoms with Crippen LogP contribution in [0.3, 0.4) is 0 Å². The molecular formula is C13H22ClN3.